The van der Waals surface area contributed by atoms with Gasteiger partial charge >= 0.3 is 0 Å². The summed E-state index contributed by atoms with van der Waals surface area (Å²) in [5.74, 6) is 2.35. The zero-order chi connectivity index (χ0) is 10.7. The third kappa shape index (κ3) is 2.49. The lowest BCUT2D eigenvalue weighted by Crippen LogP contribution is -2.08. The molecule has 1 aromatic heterocycles. The van der Waals surface area contributed by atoms with E-state index in [-0.39, 0.29) is 6.54 Å². The second-order valence-electron chi connectivity index (χ2n) is 2.75. The summed E-state index contributed by atoms with van der Waals surface area (Å²) in [5, 5.41) is 9.35. The standard InChI is InChI=1S/C10H8N2OS2/c1-2-7-12(13)15-10-11-8-5-3-4-6-9(8)14-10/h1,3-6,13H,7H2. The van der Waals surface area contributed by atoms with Gasteiger partial charge in [-0.15, -0.1) is 22.2 Å². The number of hydroxylamine groups is 1. The molecule has 0 saturated heterocycles. The summed E-state index contributed by atoms with van der Waals surface area (Å²) < 4.78 is 2.89. The molecular formula is C10H8N2OS2. The summed E-state index contributed by atoms with van der Waals surface area (Å²) in [6, 6.07) is 7.85. The van der Waals surface area contributed by atoms with E-state index in [1.807, 2.05) is 24.3 Å². The number of fused-ring (bicyclic) bond motifs is 1. The molecular weight excluding hydrogens is 228 g/mol. The molecule has 3 nitrogen and oxygen atoms in total. The molecule has 0 amide bonds. The van der Waals surface area contributed by atoms with Crippen molar-refractivity contribution in [3.8, 4) is 12.3 Å². The van der Waals surface area contributed by atoms with E-state index in [1.54, 1.807) is 0 Å². The molecule has 2 aromatic rings. The average molecular weight is 236 g/mol. The van der Waals surface area contributed by atoms with Crippen LogP contribution in [0.3, 0.4) is 0 Å². The number of thiazole rings is 1. The maximum atomic E-state index is 9.35. The molecule has 15 heavy (non-hydrogen) atoms. The number of hydrogen-bond donors (Lipinski definition) is 1. The van der Waals surface area contributed by atoms with Crippen molar-refractivity contribution in [3.05, 3.63) is 24.3 Å². The lowest BCUT2D eigenvalue weighted by molar-refractivity contribution is 0.0311. The summed E-state index contributed by atoms with van der Waals surface area (Å²) in [5.41, 5.74) is 0.944. The van der Waals surface area contributed by atoms with Crippen LogP contribution in [0.2, 0.25) is 0 Å². The van der Waals surface area contributed by atoms with E-state index in [1.165, 1.54) is 11.3 Å². The highest BCUT2D eigenvalue weighted by Crippen LogP contribution is 2.30. The van der Waals surface area contributed by atoms with Crippen molar-refractivity contribution in [2.45, 2.75) is 4.34 Å². The number of para-hydroxylation sites is 1. The molecule has 0 fully saturated rings. The summed E-state index contributed by atoms with van der Waals surface area (Å²) in [4.78, 5) is 4.35. The highest BCUT2D eigenvalue weighted by molar-refractivity contribution is 7.98. The monoisotopic (exact) mass is 236 g/mol. The van der Waals surface area contributed by atoms with Gasteiger partial charge in [0.2, 0.25) is 0 Å². The van der Waals surface area contributed by atoms with E-state index < -0.39 is 0 Å². The summed E-state index contributed by atoms with van der Waals surface area (Å²) >= 11 is 2.68. The molecule has 0 aliphatic heterocycles. The van der Waals surface area contributed by atoms with Crippen LogP contribution < -0.4 is 0 Å². The van der Waals surface area contributed by atoms with Crippen LogP contribution in [-0.2, 0) is 0 Å². The van der Waals surface area contributed by atoms with E-state index in [0.29, 0.717) is 0 Å². The van der Waals surface area contributed by atoms with Crippen LogP contribution in [0.4, 0.5) is 0 Å². The van der Waals surface area contributed by atoms with Gasteiger partial charge in [0.1, 0.15) is 0 Å². The van der Waals surface area contributed by atoms with Gasteiger partial charge < -0.3 is 5.21 Å². The molecule has 0 saturated carbocycles. The molecule has 0 spiro atoms. The normalized spacial score (nSPS) is 10.7. The minimum Gasteiger partial charge on any atom is -0.302 e. The Morgan fingerprint density at radius 2 is 2.33 bits per heavy atom. The van der Waals surface area contributed by atoms with E-state index in [2.05, 4.69) is 10.9 Å². The quantitative estimate of drug-likeness (QED) is 0.505. The zero-order valence-electron chi connectivity index (χ0n) is 7.75. The third-order valence-corrected chi connectivity index (χ3v) is 3.58. The Morgan fingerprint density at radius 1 is 1.53 bits per heavy atom. The molecule has 1 N–H and O–H groups in total. The van der Waals surface area contributed by atoms with Gasteiger partial charge in [-0.1, -0.05) is 18.1 Å². The van der Waals surface area contributed by atoms with Crippen molar-refractivity contribution in [1.82, 2.24) is 9.45 Å². The van der Waals surface area contributed by atoms with E-state index in [0.717, 1.165) is 31.0 Å². The fourth-order valence-electron chi connectivity index (χ4n) is 1.09. The Balaban J connectivity index is 2.19. The smallest absolute Gasteiger partial charge is 0.168 e. The Hall–Kier alpha value is -1.06. The number of nitrogens with zero attached hydrogens (tertiary/aromatic N) is 2. The predicted octanol–water partition coefficient (Wildman–Crippen LogP) is 2.63. The summed E-state index contributed by atoms with van der Waals surface area (Å²) in [6.45, 7) is 0.181. The topological polar surface area (TPSA) is 36.4 Å². The first-order chi connectivity index (χ1) is 7.29. The van der Waals surface area contributed by atoms with E-state index >= 15 is 0 Å². The lowest BCUT2D eigenvalue weighted by Gasteiger charge is -2.05. The van der Waals surface area contributed by atoms with Crippen LogP contribution >= 0.6 is 23.3 Å². The molecule has 0 aliphatic carbocycles. The highest BCUT2D eigenvalue weighted by Gasteiger charge is 2.07. The number of hydrogen-bond acceptors (Lipinski definition) is 5. The van der Waals surface area contributed by atoms with Gasteiger partial charge in [-0.25, -0.2) is 4.98 Å². The number of rotatable bonds is 3. The molecule has 1 aromatic carbocycles. The predicted molar refractivity (Wildman–Crippen MR) is 62.8 cm³/mol. The molecule has 2 rings (SSSR count). The maximum absolute atomic E-state index is 9.35. The van der Waals surface area contributed by atoms with Crippen molar-refractivity contribution in [1.29, 1.82) is 0 Å². The van der Waals surface area contributed by atoms with Crippen molar-refractivity contribution < 1.29 is 5.21 Å². The molecule has 5 heteroatoms. The molecule has 0 atom stereocenters. The molecule has 0 unspecified atom stereocenters. The van der Waals surface area contributed by atoms with Crippen LogP contribution in [0, 0.1) is 12.3 Å². The maximum Gasteiger partial charge on any atom is 0.168 e. The average Bonchev–Trinajstić information content (AvgIpc) is 2.59. The van der Waals surface area contributed by atoms with Crippen LogP contribution in [0.5, 0.6) is 0 Å². The largest absolute Gasteiger partial charge is 0.302 e. The second kappa shape index (κ2) is 4.64. The fourth-order valence-corrected chi connectivity index (χ4v) is 2.92. The number of aromatic nitrogens is 1. The van der Waals surface area contributed by atoms with Gasteiger partial charge in [-0.05, 0) is 12.1 Å². The molecule has 0 aliphatic rings. The van der Waals surface area contributed by atoms with Gasteiger partial charge in [0, 0.05) is 11.9 Å². The molecule has 0 radical (unpaired) electrons. The van der Waals surface area contributed by atoms with Gasteiger partial charge in [0.25, 0.3) is 0 Å². The van der Waals surface area contributed by atoms with Crippen molar-refractivity contribution >= 4 is 33.5 Å². The SMILES string of the molecule is C#CCN(O)Sc1nc2ccccc2s1. The van der Waals surface area contributed by atoms with Gasteiger partial charge in [0.05, 0.1) is 16.8 Å². The lowest BCUT2D eigenvalue weighted by atomic mass is 10.3. The van der Waals surface area contributed by atoms with Gasteiger partial charge in [-0.2, -0.15) is 0 Å². The Morgan fingerprint density at radius 3 is 3.07 bits per heavy atom. The molecule has 1 heterocycles. The number of terminal acetylenes is 1. The van der Waals surface area contributed by atoms with Crippen molar-refractivity contribution in [3.63, 3.8) is 0 Å². The first kappa shape index (κ1) is 10.5. The summed E-state index contributed by atoms with van der Waals surface area (Å²) in [7, 11) is 0. The Labute approximate surface area is 95.8 Å². The van der Waals surface area contributed by atoms with Crippen LogP contribution in [0.15, 0.2) is 28.6 Å². The van der Waals surface area contributed by atoms with Gasteiger partial charge in [-0.3, -0.25) is 0 Å². The van der Waals surface area contributed by atoms with Crippen LogP contribution in [0.25, 0.3) is 10.2 Å². The van der Waals surface area contributed by atoms with Gasteiger partial charge in [0.15, 0.2) is 4.34 Å². The van der Waals surface area contributed by atoms with E-state index in [9.17, 15) is 5.21 Å². The molecule has 76 valence electrons. The Bertz CT molecular complexity index is 470. The van der Waals surface area contributed by atoms with Crippen LogP contribution in [0.1, 0.15) is 0 Å². The second-order valence-corrected chi connectivity index (χ2v) is 5.03. The first-order valence-electron chi connectivity index (χ1n) is 4.23. The summed E-state index contributed by atoms with van der Waals surface area (Å²) in [6.07, 6.45) is 5.08. The highest BCUT2D eigenvalue weighted by atomic mass is 32.2. The fraction of sp³-hybridized carbons (Fsp3) is 0.100. The first-order valence-corrected chi connectivity index (χ1v) is 5.82. The van der Waals surface area contributed by atoms with Crippen molar-refractivity contribution in [2.75, 3.05) is 6.54 Å². The third-order valence-electron chi connectivity index (χ3n) is 1.68. The van der Waals surface area contributed by atoms with Crippen molar-refractivity contribution in [2.24, 2.45) is 0 Å². The number of benzene rings is 1. The Kier molecular flexibility index (Phi) is 3.23. The van der Waals surface area contributed by atoms with Crippen LogP contribution in [-0.4, -0.2) is 21.2 Å². The van der Waals surface area contributed by atoms with E-state index in [4.69, 9.17) is 6.42 Å². The zero-order valence-corrected chi connectivity index (χ0v) is 9.38. The minimum absolute atomic E-state index is 0.181. The minimum atomic E-state index is 0.181. The molecule has 0 bridgehead atoms.